The molecule has 1 aromatic heterocycles. The van der Waals surface area contributed by atoms with E-state index in [0.717, 1.165) is 4.88 Å². The van der Waals surface area contributed by atoms with Crippen molar-refractivity contribution in [2.24, 2.45) is 5.84 Å². The Bertz CT molecular complexity index is 628. The molecule has 1 heterocycles. The number of hydrogen-bond acceptors (Lipinski definition) is 6. The molecule has 4 N–H and O–H groups in total. The summed E-state index contributed by atoms with van der Waals surface area (Å²) >= 11 is 1.54. The summed E-state index contributed by atoms with van der Waals surface area (Å²) in [6.07, 6.45) is 0. The van der Waals surface area contributed by atoms with Gasteiger partial charge in [-0.05, 0) is 23.6 Å². The first-order chi connectivity index (χ1) is 9.61. The van der Waals surface area contributed by atoms with Gasteiger partial charge in [-0.15, -0.1) is 11.3 Å². The number of hydrogen-bond donors (Lipinski definition) is 3. The van der Waals surface area contributed by atoms with E-state index in [2.05, 4.69) is 10.7 Å². The highest BCUT2D eigenvalue weighted by Crippen LogP contribution is 2.24. The Kier molecular flexibility index (Phi) is 4.28. The second kappa shape index (κ2) is 6.13. The highest BCUT2D eigenvalue weighted by Gasteiger charge is 2.16. The Labute approximate surface area is 118 Å². The number of nitro benzene ring substituents is 1. The lowest BCUT2D eigenvalue weighted by Gasteiger charge is -2.06. The first-order valence-electron chi connectivity index (χ1n) is 5.67. The fourth-order valence-corrected chi connectivity index (χ4v) is 2.28. The summed E-state index contributed by atoms with van der Waals surface area (Å²) in [5.74, 6) is 4.91. The average molecular weight is 292 g/mol. The lowest BCUT2D eigenvalue weighted by Crippen LogP contribution is -2.22. The summed E-state index contributed by atoms with van der Waals surface area (Å²) < 4.78 is 0. The van der Waals surface area contributed by atoms with Crippen LogP contribution in [0.25, 0.3) is 0 Å². The van der Waals surface area contributed by atoms with Gasteiger partial charge in [-0.25, -0.2) is 0 Å². The van der Waals surface area contributed by atoms with Crippen molar-refractivity contribution in [2.45, 2.75) is 6.54 Å². The van der Waals surface area contributed by atoms with Gasteiger partial charge in [0.05, 0.1) is 11.5 Å². The Balaban J connectivity index is 2.12. The maximum Gasteiger partial charge on any atom is 0.293 e. The van der Waals surface area contributed by atoms with Crippen LogP contribution in [-0.4, -0.2) is 10.8 Å². The maximum atomic E-state index is 11.9. The van der Waals surface area contributed by atoms with Crippen molar-refractivity contribution in [3.63, 3.8) is 0 Å². The molecule has 0 aliphatic rings. The molecule has 8 heteroatoms. The van der Waals surface area contributed by atoms with E-state index in [4.69, 9.17) is 5.84 Å². The van der Waals surface area contributed by atoms with Gasteiger partial charge in [-0.3, -0.25) is 20.8 Å². The number of rotatable bonds is 5. The van der Waals surface area contributed by atoms with Crippen molar-refractivity contribution in [1.82, 2.24) is 5.32 Å². The third kappa shape index (κ3) is 3.11. The predicted molar refractivity (Wildman–Crippen MR) is 76.4 cm³/mol. The minimum Gasteiger partial charge on any atom is -0.347 e. The number of hydrazine groups is 1. The largest absolute Gasteiger partial charge is 0.347 e. The molecular formula is C12H12N4O3S. The highest BCUT2D eigenvalue weighted by molar-refractivity contribution is 7.09. The Morgan fingerprint density at radius 2 is 2.20 bits per heavy atom. The number of nitrogens with one attached hydrogen (secondary N) is 2. The van der Waals surface area contributed by atoms with Crippen LogP contribution in [-0.2, 0) is 6.54 Å². The normalized spacial score (nSPS) is 10.1. The van der Waals surface area contributed by atoms with Gasteiger partial charge in [-0.1, -0.05) is 6.07 Å². The van der Waals surface area contributed by atoms with Crippen LogP contribution in [0.2, 0.25) is 0 Å². The van der Waals surface area contributed by atoms with Crippen LogP contribution in [0.5, 0.6) is 0 Å². The first-order valence-corrected chi connectivity index (χ1v) is 6.55. The molecule has 2 rings (SSSR count). The molecule has 0 aliphatic heterocycles. The molecule has 0 fully saturated rings. The van der Waals surface area contributed by atoms with E-state index < -0.39 is 4.92 Å². The number of amides is 1. The number of anilines is 1. The quantitative estimate of drug-likeness (QED) is 0.442. The molecule has 0 unspecified atom stereocenters. The topological polar surface area (TPSA) is 110 Å². The summed E-state index contributed by atoms with van der Waals surface area (Å²) in [4.78, 5) is 23.2. The molecule has 0 saturated heterocycles. The van der Waals surface area contributed by atoms with Crippen molar-refractivity contribution >= 4 is 28.6 Å². The van der Waals surface area contributed by atoms with E-state index in [1.165, 1.54) is 29.5 Å². The molecule has 7 nitrogen and oxygen atoms in total. The molecule has 1 aromatic carbocycles. The van der Waals surface area contributed by atoms with Gasteiger partial charge in [0.1, 0.15) is 5.69 Å². The van der Waals surface area contributed by atoms with Crippen LogP contribution in [0.3, 0.4) is 0 Å². The lowest BCUT2D eigenvalue weighted by atomic mass is 10.1. The standard InChI is InChI=1S/C12H12N4O3S/c13-15-10-6-8(3-4-11(10)16(18)19)12(17)14-7-9-2-1-5-20-9/h1-6,15H,7,13H2,(H,14,17). The van der Waals surface area contributed by atoms with E-state index in [1.54, 1.807) is 0 Å². The average Bonchev–Trinajstić information content (AvgIpc) is 2.97. The van der Waals surface area contributed by atoms with Crippen LogP contribution < -0.4 is 16.6 Å². The van der Waals surface area contributed by atoms with Crippen molar-refractivity contribution in [3.8, 4) is 0 Å². The molecule has 0 radical (unpaired) electrons. The zero-order valence-electron chi connectivity index (χ0n) is 10.3. The molecular weight excluding hydrogens is 280 g/mol. The Morgan fingerprint density at radius 3 is 2.80 bits per heavy atom. The zero-order valence-corrected chi connectivity index (χ0v) is 11.1. The van der Waals surface area contributed by atoms with E-state index in [0.29, 0.717) is 12.1 Å². The molecule has 0 atom stereocenters. The summed E-state index contributed by atoms with van der Waals surface area (Å²) in [5.41, 5.74) is 2.45. The van der Waals surface area contributed by atoms with Crippen molar-refractivity contribution in [3.05, 3.63) is 56.3 Å². The molecule has 20 heavy (non-hydrogen) atoms. The Hall–Kier alpha value is -2.45. The maximum absolute atomic E-state index is 11.9. The molecule has 0 bridgehead atoms. The molecule has 1 amide bonds. The molecule has 0 spiro atoms. The molecule has 0 saturated carbocycles. The van der Waals surface area contributed by atoms with Crippen molar-refractivity contribution in [1.29, 1.82) is 0 Å². The van der Waals surface area contributed by atoms with Gasteiger partial charge in [0.15, 0.2) is 0 Å². The van der Waals surface area contributed by atoms with Crippen LogP contribution in [0.4, 0.5) is 11.4 Å². The van der Waals surface area contributed by atoms with E-state index in [9.17, 15) is 14.9 Å². The first kappa shape index (κ1) is 14.0. The predicted octanol–water partition coefficient (Wildman–Crippen LogP) is 1.87. The lowest BCUT2D eigenvalue weighted by molar-refractivity contribution is -0.384. The third-order valence-electron chi connectivity index (χ3n) is 2.61. The number of nitrogen functional groups attached to an aromatic ring is 1. The van der Waals surface area contributed by atoms with Crippen molar-refractivity contribution in [2.75, 3.05) is 5.43 Å². The molecule has 104 valence electrons. The smallest absolute Gasteiger partial charge is 0.293 e. The van der Waals surface area contributed by atoms with Crippen molar-refractivity contribution < 1.29 is 9.72 Å². The summed E-state index contributed by atoms with van der Waals surface area (Å²) in [6, 6.07) is 7.79. The van der Waals surface area contributed by atoms with Gasteiger partial charge in [0.2, 0.25) is 0 Å². The SMILES string of the molecule is NNc1cc(C(=O)NCc2cccs2)ccc1[N+](=O)[O-]. The van der Waals surface area contributed by atoms with Crippen LogP contribution in [0.1, 0.15) is 15.2 Å². The fourth-order valence-electron chi connectivity index (χ4n) is 1.63. The second-order valence-corrected chi connectivity index (χ2v) is 4.93. The van der Waals surface area contributed by atoms with Gasteiger partial charge >= 0.3 is 0 Å². The highest BCUT2D eigenvalue weighted by atomic mass is 32.1. The number of carbonyl (C=O) groups excluding carboxylic acids is 1. The number of carbonyl (C=O) groups is 1. The monoisotopic (exact) mass is 292 g/mol. The number of nitrogens with zero attached hydrogens (tertiary/aromatic N) is 1. The van der Waals surface area contributed by atoms with Crippen LogP contribution in [0.15, 0.2) is 35.7 Å². The summed E-state index contributed by atoms with van der Waals surface area (Å²) in [7, 11) is 0. The minimum atomic E-state index is -0.567. The number of thiophene rings is 1. The fraction of sp³-hybridized carbons (Fsp3) is 0.0833. The van der Waals surface area contributed by atoms with E-state index in [-0.39, 0.29) is 17.3 Å². The summed E-state index contributed by atoms with van der Waals surface area (Å²) in [6.45, 7) is 0.416. The van der Waals surface area contributed by atoms with Gasteiger partial charge in [0, 0.05) is 16.5 Å². The van der Waals surface area contributed by atoms with Crippen LogP contribution in [0, 0.1) is 10.1 Å². The Morgan fingerprint density at radius 1 is 1.40 bits per heavy atom. The van der Waals surface area contributed by atoms with E-state index >= 15 is 0 Å². The van der Waals surface area contributed by atoms with Gasteiger partial charge in [0.25, 0.3) is 11.6 Å². The number of benzene rings is 1. The minimum absolute atomic E-state index is 0.0961. The summed E-state index contributed by atoms with van der Waals surface area (Å²) in [5, 5.41) is 15.4. The zero-order chi connectivity index (χ0) is 14.5. The molecule has 0 aliphatic carbocycles. The third-order valence-corrected chi connectivity index (χ3v) is 3.49. The van der Waals surface area contributed by atoms with E-state index in [1.807, 2.05) is 17.5 Å². The van der Waals surface area contributed by atoms with Gasteiger partial charge in [-0.2, -0.15) is 0 Å². The van der Waals surface area contributed by atoms with Gasteiger partial charge < -0.3 is 10.7 Å². The molecule has 2 aromatic rings. The van der Waals surface area contributed by atoms with Crippen LogP contribution >= 0.6 is 11.3 Å². The number of nitrogens with two attached hydrogens (primary N) is 1. The second-order valence-electron chi connectivity index (χ2n) is 3.90. The number of nitro groups is 1.